The highest BCUT2D eigenvalue weighted by molar-refractivity contribution is 6.76. The monoisotopic (exact) mass is 187 g/mol. The fraction of sp³-hybridized carbons (Fsp3) is 1.00. The summed E-state index contributed by atoms with van der Waals surface area (Å²) >= 11 is 0. The third-order valence-electron chi connectivity index (χ3n) is 3.26. The molecule has 0 radical (unpaired) electrons. The summed E-state index contributed by atoms with van der Waals surface area (Å²) in [5.41, 5.74) is 0. The van der Waals surface area contributed by atoms with Gasteiger partial charge in [0.1, 0.15) is 8.24 Å². The largest absolute Gasteiger partial charge is 0.351 e. The first kappa shape index (κ1) is 12.2. The molecule has 0 saturated carbocycles. The number of hydrogen-bond acceptors (Lipinski definition) is 1. The van der Waals surface area contributed by atoms with E-state index < -0.39 is 8.24 Å². The lowest BCUT2D eigenvalue weighted by Crippen LogP contribution is -2.45. The van der Waals surface area contributed by atoms with Crippen LogP contribution in [0.2, 0.25) is 18.1 Å². The lowest BCUT2D eigenvalue weighted by atomic mass is 10.1. The van der Waals surface area contributed by atoms with E-state index in [1.54, 1.807) is 0 Å². The highest BCUT2D eigenvalue weighted by atomic mass is 28.3. The molecule has 0 aliphatic carbocycles. The summed E-state index contributed by atoms with van der Waals surface area (Å²) in [5.74, 6) is 0.890. The van der Waals surface area contributed by atoms with Gasteiger partial charge < -0.3 is 5.40 Å². The average Bonchev–Trinajstić information content (AvgIpc) is 2.14. The molecule has 0 amide bonds. The van der Waals surface area contributed by atoms with Crippen molar-refractivity contribution in [2.45, 2.75) is 58.7 Å². The molecule has 0 aromatic rings. The van der Waals surface area contributed by atoms with Gasteiger partial charge in [0.2, 0.25) is 0 Å². The standard InChI is InChI=1S/C10H25NSi/c1-5-10(6-2)9-12(11,7-3)8-4/h10H,5-9,11H2,1-4H3. The molecule has 0 saturated heterocycles. The predicted molar refractivity (Wildman–Crippen MR) is 59.8 cm³/mol. The molecule has 74 valence electrons. The van der Waals surface area contributed by atoms with E-state index in [9.17, 15) is 0 Å². The quantitative estimate of drug-likeness (QED) is 0.634. The van der Waals surface area contributed by atoms with E-state index in [1.807, 2.05) is 0 Å². The molecule has 12 heavy (non-hydrogen) atoms. The molecule has 0 bridgehead atoms. The Morgan fingerprint density at radius 1 is 1.00 bits per heavy atom. The van der Waals surface area contributed by atoms with Crippen molar-refractivity contribution in [3.05, 3.63) is 0 Å². The summed E-state index contributed by atoms with van der Waals surface area (Å²) in [6, 6.07) is 3.84. The highest BCUT2D eigenvalue weighted by Crippen LogP contribution is 2.24. The van der Waals surface area contributed by atoms with Gasteiger partial charge in [0.15, 0.2) is 0 Å². The van der Waals surface area contributed by atoms with Gasteiger partial charge in [-0.15, -0.1) is 0 Å². The third kappa shape index (κ3) is 3.72. The lowest BCUT2D eigenvalue weighted by molar-refractivity contribution is 0.533. The molecule has 0 aliphatic rings. The van der Waals surface area contributed by atoms with Crippen LogP contribution in [-0.4, -0.2) is 8.24 Å². The number of rotatable bonds is 6. The Hall–Kier alpha value is 0.177. The van der Waals surface area contributed by atoms with Crippen LogP contribution < -0.4 is 5.40 Å². The summed E-state index contributed by atoms with van der Waals surface area (Å²) in [6.45, 7) is 9.10. The Morgan fingerprint density at radius 2 is 1.42 bits per heavy atom. The fourth-order valence-electron chi connectivity index (χ4n) is 1.69. The maximum Gasteiger partial charge on any atom is 0.122 e. The van der Waals surface area contributed by atoms with Crippen molar-refractivity contribution in [2.24, 2.45) is 11.3 Å². The van der Waals surface area contributed by atoms with Gasteiger partial charge in [-0.05, 0) is 24.1 Å². The number of nitrogens with two attached hydrogens (primary N) is 1. The summed E-state index contributed by atoms with van der Waals surface area (Å²) in [7, 11) is -1.30. The first-order valence-electron chi connectivity index (χ1n) is 5.40. The molecular weight excluding hydrogens is 162 g/mol. The molecule has 0 heterocycles. The minimum absolute atomic E-state index is 0.890. The second kappa shape index (κ2) is 5.76. The predicted octanol–water partition coefficient (Wildman–Crippen LogP) is 3.37. The van der Waals surface area contributed by atoms with Crippen molar-refractivity contribution < 1.29 is 0 Å². The Labute approximate surface area is 78.8 Å². The van der Waals surface area contributed by atoms with E-state index >= 15 is 0 Å². The van der Waals surface area contributed by atoms with Gasteiger partial charge in [-0.25, -0.2) is 0 Å². The van der Waals surface area contributed by atoms with Crippen molar-refractivity contribution in [1.82, 2.24) is 0 Å². The van der Waals surface area contributed by atoms with Crippen LogP contribution in [0.3, 0.4) is 0 Å². The number of hydrogen-bond donors (Lipinski definition) is 1. The highest BCUT2D eigenvalue weighted by Gasteiger charge is 2.26. The summed E-state index contributed by atoms with van der Waals surface area (Å²) in [6.07, 6.45) is 2.62. The van der Waals surface area contributed by atoms with E-state index in [-0.39, 0.29) is 0 Å². The molecule has 2 N–H and O–H groups in total. The first-order chi connectivity index (χ1) is 5.61. The molecule has 0 fully saturated rings. The van der Waals surface area contributed by atoms with E-state index in [0.29, 0.717) is 0 Å². The Kier molecular flexibility index (Phi) is 5.84. The van der Waals surface area contributed by atoms with Crippen molar-refractivity contribution in [3.63, 3.8) is 0 Å². The van der Waals surface area contributed by atoms with Gasteiger partial charge in [0.05, 0.1) is 0 Å². The first-order valence-corrected chi connectivity index (χ1v) is 8.10. The Bertz CT molecular complexity index is 106. The molecule has 0 aliphatic heterocycles. The molecule has 1 nitrogen and oxygen atoms in total. The van der Waals surface area contributed by atoms with Crippen LogP contribution in [0.25, 0.3) is 0 Å². The Morgan fingerprint density at radius 3 is 1.67 bits per heavy atom. The van der Waals surface area contributed by atoms with Gasteiger partial charge in [-0.1, -0.05) is 40.5 Å². The molecule has 0 unspecified atom stereocenters. The van der Waals surface area contributed by atoms with E-state index in [4.69, 9.17) is 5.40 Å². The summed E-state index contributed by atoms with van der Waals surface area (Å²) in [5, 5.41) is 6.39. The third-order valence-corrected chi connectivity index (χ3v) is 7.47. The minimum atomic E-state index is -1.30. The second-order valence-corrected chi connectivity index (χ2v) is 8.50. The molecule has 2 heteroatoms. The molecule has 0 spiro atoms. The smallest absolute Gasteiger partial charge is 0.122 e. The fourth-order valence-corrected chi connectivity index (χ4v) is 4.50. The molecule has 0 aromatic carbocycles. The molecule has 0 rings (SSSR count). The Balaban J connectivity index is 3.99. The van der Waals surface area contributed by atoms with Gasteiger partial charge in [0.25, 0.3) is 0 Å². The SMILES string of the molecule is CCC(CC)C[Si](N)(CC)CC. The van der Waals surface area contributed by atoms with Crippen LogP contribution in [0, 0.1) is 5.92 Å². The average molecular weight is 187 g/mol. The van der Waals surface area contributed by atoms with Crippen molar-refractivity contribution >= 4 is 8.24 Å². The lowest BCUT2D eigenvalue weighted by Gasteiger charge is -2.27. The minimum Gasteiger partial charge on any atom is -0.351 e. The molecule has 0 aromatic heterocycles. The van der Waals surface area contributed by atoms with Crippen LogP contribution in [0.5, 0.6) is 0 Å². The maximum atomic E-state index is 6.39. The second-order valence-electron chi connectivity index (χ2n) is 3.96. The van der Waals surface area contributed by atoms with Crippen LogP contribution in [0.15, 0.2) is 0 Å². The normalized spacial score (nSPS) is 12.5. The van der Waals surface area contributed by atoms with Gasteiger partial charge >= 0.3 is 0 Å². The topological polar surface area (TPSA) is 26.0 Å². The van der Waals surface area contributed by atoms with E-state index in [1.165, 1.54) is 31.0 Å². The van der Waals surface area contributed by atoms with E-state index in [2.05, 4.69) is 27.7 Å². The van der Waals surface area contributed by atoms with Crippen LogP contribution in [0.4, 0.5) is 0 Å². The van der Waals surface area contributed by atoms with Gasteiger partial charge in [0, 0.05) is 0 Å². The van der Waals surface area contributed by atoms with Gasteiger partial charge in [-0.3, -0.25) is 0 Å². The summed E-state index contributed by atoms with van der Waals surface area (Å²) in [4.78, 5) is 0. The van der Waals surface area contributed by atoms with Crippen molar-refractivity contribution in [1.29, 1.82) is 0 Å². The molecule has 0 atom stereocenters. The maximum absolute atomic E-state index is 6.39. The van der Waals surface area contributed by atoms with Crippen molar-refractivity contribution in [3.8, 4) is 0 Å². The summed E-state index contributed by atoms with van der Waals surface area (Å²) < 4.78 is 0. The zero-order valence-corrected chi connectivity index (χ0v) is 10.2. The van der Waals surface area contributed by atoms with Crippen LogP contribution in [0.1, 0.15) is 40.5 Å². The molecular formula is C10H25NSi. The van der Waals surface area contributed by atoms with Gasteiger partial charge in [-0.2, -0.15) is 0 Å². The van der Waals surface area contributed by atoms with Crippen LogP contribution in [-0.2, 0) is 0 Å². The van der Waals surface area contributed by atoms with Crippen molar-refractivity contribution in [2.75, 3.05) is 0 Å². The van der Waals surface area contributed by atoms with E-state index in [0.717, 1.165) is 5.92 Å². The zero-order chi connectivity index (χ0) is 9.61. The zero-order valence-electron chi connectivity index (χ0n) is 9.19. The van der Waals surface area contributed by atoms with Crippen LogP contribution >= 0.6 is 0 Å².